The number of hydrogen-bond donors (Lipinski definition) is 0. The minimum atomic E-state index is -1.80. The predicted molar refractivity (Wildman–Crippen MR) is 121 cm³/mol. The highest BCUT2D eigenvalue weighted by molar-refractivity contribution is 6.83. The third-order valence-electron chi connectivity index (χ3n) is 5.24. The lowest BCUT2D eigenvalue weighted by Gasteiger charge is -2.37. The Labute approximate surface area is 162 Å². The number of rotatable bonds is 4. The van der Waals surface area contributed by atoms with Crippen LogP contribution in [0.2, 0.25) is 37.8 Å². The van der Waals surface area contributed by atoms with Crippen molar-refractivity contribution in [3.63, 3.8) is 0 Å². The summed E-state index contributed by atoms with van der Waals surface area (Å²) in [6, 6.07) is 15.1. The van der Waals surface area contributed by atoms with Gasteiger partial charge in [0.2, 0.25) is 0 Å². The minimum absolute atomic E-state index is 0.127. The molecule has 0 saturated heterocycles. The molecule has 1 unspecified atom stereocenters. The maximum atomic E-state index is 6.58. The fraction of sp³-hybridized carbons (Fsp3) is 0.478. The van der Waals surface area contributed by atoms with E-state index in [9.17, 15) is 0 Å². The van der Waals surface area contributed by atoms with Gasteiger partial charge in [0, 0.05) is 0 Å². The SMILES string of the molecule is CC(C)(C)[Si](C)(C)OCC(C#C[Si](C)(C)C)c1cccc2ccccc12. The first-order valence-corrected chi connectivity index (χ1v) is 16.0. The lowest BCUT2D eigenvalue weighted by Crippen LogP contribution is -2.41. The molecule has 0 aliphatic carbocycles. The van der Waals surface area contributed by atoms with Crippen LogP contribution in [-0.2, 0) is 4.43 Å². The molecule has 0 aromatic heterocycles. The summed E-state index contributed by atoms with van der Waals surface area (Å²) in [6.45, 7) is 19.1. The number of fused-ring (bicyclic) bond motifs is 1. The van der Waals surface area contributed by atoms with Crippen LogP contribution in [-0.4, -0.2) is 23.0 Å². The van der Waals surface area contributed by atoms with E-state index in [2.05, 4.69) is 107 Å². The zero-order valence-electron chi connectivity index (χ0n) is 17.7. The first-order valence-electron chi connectivity index (χ1n) is 9.55. The molecule has 2 rings (SSSR count). The summed E-state index contributed by atoms with van der Waals surface area (Å²) < 4.78 is 6.58. The average molecular weight is 383 g/mol. The quantitative estimate of drug-likeness (QED) is 0.416. The summed E-state index contributed by atoms with van der Waals surface area (Å²) in [5.41, 5.74) is 4.88. The van der Waals surface area contributed by atoms with Crippen LogP contribution in [0.3, 0.4) is 0 Å². The fourth-order valence-electron chi connectivity index (χ4n) is 2.58. The van der Waals surface area contributed by atoms with E-state index in [0.29, 0.717) is 6.61 Å². The molecule has 0 radical (unpaired) electrons. The van der Waals surface area contributed by atoms with Crippen molar-refractivity contribution in [3.05, 3.63) is 48.0 Å². The zero-order chi connectivity index (χ0) is 19.6. The van der Waals surface area contributed by atoms with Gasteiger partial charge in [-0.05, 0) is 34.5 Å². The Morgan fingerprint density at radius 1 is 0.923 bits per heavy atom. The molecule has 0 fully saturated rings. The van der Waals surface area contributed by atoms with Gasteiger partial charge in [0.1, 0.15) is 8.07 Å². The van der Waals surface area contributed by atoms with Crippen LogP contribution in [0.25, 0.3) is 10.8 Å². The van der Waals surface area contributed by atoms with Gasteiger partial charge in [-0.3, -0.25) is 0 Å². The average Bonchev–Trinajstić information content (AvgIpc) is 2.52. The van der Waals surface area contributed by atoms with Crippen LogP contribution < -0.4 is 0 Å². The van der Waals surface area contributed by atoms with E-state index >= 15 is 0 Å². The Bertz CT molecular complexity index is 808. The van der Waals surface area contributed by atoms with Gasteiger partial charge in [0.15, 0.2) is 8.32 Å². The summed E-state index contributed by atoms with van der Waals surface area (Å²) in [7, 11) is -3.24. The maximum absolute atomic E-state index is 6.58. The summed E-state index contributed by atoms with van der Waals surface area (Å²) in [6.07, 6.45) is 0. The van der Waals surface area contributed by atoms with Crippen LogP contribution in [0.5, 0.6) is 0 Å². The van der Waals surface area contributed by atoms with Gasteiger partial charge >= 0.3 is 0 Å². The number of benzene rings is 2. The lowest BCUT2D eigenvalue weighted by molar-refractivity contribution is 0.281. The second-order valence-corrected chi connectivity index (χ2v) is 19.3. The van der Waals surface area contributed by atoms with Gasteiger partial charge in [0.25, 0.3) is 0 Å². The molecule has 0 aliphatic rings. The van der Waals surface area contributed by atoms with Gasteiger partial charge < -0.3 is 4.43 Å². The molecular formula is C23H34OSi2. The molecule has 0 heterocycles. The van der Waals surface area contributed by atoms with Crippen LogP contribution >= 0.6 is 0 Å². The van der Waals surface area contributed by atoms with E-state index in [1.54, 1.807) is 0 Å². The Hall–Kier alpha value is -1.35. The summed E-state index contributed by atoms with van der Waals surface area (Å²) in [5, 5.41) is 2.78. The Kier molecular flexibility index (Phi) is 6.22. The van der Waals surface area contributed by atoms with Crippen molar-refractivity contribution in [2.45, 2.75) is 64.5 Å². The first-order chi connectivity index (χ1) is 11.9. The lowest BCUT2D eigenvalue weighted by atomic mass is 9.95. The van der Waals surface area contributed by atoms with Crippen molar-refractivity contribution >= 4 is 27.2 Å². The van der Waals surface area contributed by atoms with Crippen molar-refractivity contribution in [2.75, 3.05) is 6.61 Å². The highest BCUT2D eigenvalue weighted by atomic mass is 28.4. The van der Waals surface area contributed by atoms with Gasteiger partial charge in [0.05, 0.1) is 12.5 Å². The first kappa shape index (κ1) is 21.0. The molecule has 0 saturated carbocycles. The molecule has 1 nitrogen and oxygen atoms in total. The highest BCUT2D eigenvalue weighted by Gasteiger charge is 2.37. The Morgan fingerprint density at radius 2 is 1.54 bits per heavy atom. The van der Waals surface area contributed by atoms with Crippen molar-refractivity contribution in [1.82, 2.24) is 0 Å². The third-order valence-corrected chi connectivity index (χ3v) is 10.6. The molecule has 2 aromatic rings. The molecule has 0 aliphatic heterocycles. The van der Waals surface area contributed by atoms with Crippen molar-refractivity contribution in [3.8, 4) is 11.5 Å². The monoisotopic (exact) mass is 382 g/mol. The van der Waals surface area contributed by atoms with Crippen LogP contribution in [0.1, 0.15) is 32.3 Å². The van der Waals surface area contributed by atoms with Crippen molar-refractivity contribution in [1.29, 1.82) is 0 Å². The van der Waals surface area contributed by atoms with E-state index < -0.39 is 16.4 Å². The van der Waals surface area contributed by atoms with Gasteiger partial charge in [-0.15, -0.1) is 5.54 Å². The molecule has 3 heteroatoms. The largest absolute Gasteiger partial charge is 0.415 e. The molecule has 26 heavy (non-hydrogen) atoms. The second kappa shape index (κ2) is 7.72. The topological polar surface area (TPSA) is 9.23 Å². The molecule has 0 amide bonds. The summed E-state index contributed by atoms with van der Waals surface area (Å²) >= 11 is 0. The highest BCUT2D eigenvalue weighted by Crippen LogP contribution is 2.37. The van der Waals surface area contributed by atoms with E-state index in [1.165, 1.54) is 16.3 Å². The molecule has 0 N–H and O–H groups in total. The molecule has 0 bridgehead atoms. The second-order valence-electron chi connectivity index (χ2n) is 9.71. The molecule has 2 aromatic carbocycles. The minimum Gasteiger partial charge on any atom is -0.415 e. The smallest absolute Gasteiger partial charge is 0.192 e. The van der Waals surface area contributed by atoms with E-state index in [0.717, 1.165) is 0 Å². The summed E-state index contributed by atoms with van der Waals surface area (Å²) in [4.78, 5) is 0. The van der Waals surface area contributed by atoms with Crippen LogP contribution in [0, 0.1) is 11.5 Å². The Morgan fingerprint density at radius 3 is 2.15 bits per heavy atom. The maximum Gasteiger partial charge on any atom is 0.192 e. The Balaban J connectivity index is 2.43. The molecular weight excluding hydrogens is 348 g/mol. The van der Waals surface area contributed by atoms with E-state index in [4.69, 9.17) is 4.43 Å². The van der Waals surface area contributed by atoms with Gasteiger partial charge in [-0.1, -0.05) is 88.8 Å². The van der Waals surface area contributed by atoms with Gasteiger partial charge in [-0.2, -0.15) is 0 Å². The molecule has 140 valence electrons. The van der Waals surface area contributed by atoms with E-state index in [1.807, 2.05) is 0 Å². The predicted octanol–water partition coefficient (Wildman–Crippen LogP) is 6.83. The van der Waals surface area contributed by atoms with Crippen LogP contribution in [0.4, 0.5) is 0 Å². The van der Waals surface area contributed by atoms with Crippen molar-refractivity contribution < 1.29 is 4.43 Å². The summed E-state index contributed by atoms with van der Waals surface area (Å²) in [5.74, 6) is 3.73. The molecule has 0 spiro atoms. The van der Waals surface area contributed by atoms with Crippen molar-refractivity contribution in [2.24, 2.45) is 0 Å². The zero-order valence-corrected chi connectivity index (χ0v) is 19.7. The van der Waals surface area contributed by atoms with E-state index in [-0.39, 0.29) is 11.0 Å². The molecule has 1 atom stereocenters. The van der Waals surface area contributed by atoms with Gasteiger partial charge in [-0.25, -0.2) is 0 Å². The standard InChI is InChI=1S/C23H34OSi2/c1-23(2,3)26(7,8)24-18-20(16-17-25(4,5)6)22-15-11-13-19-12-9-10-14-21(19)22/h9-15,20H,18H2,1-8H3. The van der Waals surface area contributed by atoms with Crippen LogP contribution in [0.15, 0.2) is 42.5 Å². The normalized spacial score (nSPS) is 14.0. The third kappa shape index (κ3) is 5.33. The fourth-order valence-corrected chi connectivity index (χ4v) is 4.20. The number of hydrogen-bond acceptors (Lipinski definition) is 1.